The van der Waals surface area contributed by atoms with Crippen molar-refractivity contribution in [2.24, 2.45) is 11.8 Å². The average molecular weight is 458 g/mol. The first kappa shape index (κ1) is 20.8. The van der Waals surface area contributed by atoms with Gasteiger partial charge in [-0.15, -0.1) is 0 Å². The van der Waals surface area contributed by atoms with Crippen LogP contribution in [-0.2, 0) is 19.8 Å². The Morgan fingerprint density at radius 2 is 1.78 bits per heavy atom. The summed E-state index contributed by atoms with van der Waals surface area (Å²) >= 11 is 0. The van der Waals surface area contributed by atoms with Crippen molar-refractivity contribution >= 4 is 44.2 Å². The molecule has 0 aliphatic carbocycles. The largest absolute Gasteiger partial charge is 0.477 e. The van der Waals surface area contributed by atoms with E-state index in [9.17, 15) is 28.2 Å². The predicted octanol–water partition coefficient (Wildman–Crippen LogP) is 1.54. The number of hydrogen-bond acceptors (Lipinski definition) is 5. The fourth-order valence-corrected chi connectivity index (χ4v) is 6.74. The van der Waals surface area contributed by atoms with Gasteiger partial charge in [-0.1, -0.05) is 31.2 Å². The van der Waals surface area contributed by atoms with E-state index in [4.69, 9.17) is 0 Å². The van der Waals surface area contributed by atoms with Gasteiger partial charge in [0.05, 0.1) is 36.0 Å². The molecule has 1 saturated heterocycles. The van der Waals surface area contributed by atoms with Crippen LogP contribution in [0.15, 0.2) is 47.7 Å². The number of nitrogens with zero attached hydrogens (tertiary/aromatic N) is 3. The lowest BCUT2D eigenvalue weighted by Gasteiger charge is -2.46. The number of rotatable bonds is 4. The molecule has 2 aromatic carbocycles. The molecular weight excluding hydrogens is 434 g/mol. The van der Waals surface area contributed by atoms with Crippen LogP contribution in [0.3, 0.4) is 0 Å². The Morgan fingerprint density at radius 1 is 1.16 bits per heavy atom. The second kappa shape index (κ2) is 6.69. The van der Waals surface area contributed by atoms with E-state index >= 15 is 0 Å². The normalized spacial score (nSPS) is 26.9. The van der Waals surface area contributed by atoms with E-state index < -0.39 is 46.1 Å². The summed E-state index contributed by atoms with van der Waals surface area (Å²) < 4.78 is 29.3. The van der Waals surface area contributed by atoms with Gasteiger partial charge in [-0.3, -0.25) is 9.10 Å². The van der Waals surface area contributed by atoms with E-state index in [1.165, 1.54) is 27.5 Å². The molecule has 0 radical (unpaired) electrons. The number of aliphatic hydroxyl groups is 1. The van der Waals surface area contributed by atoms with Gasteiger partial charge in [0.15, 0.2) is 0 Å². The van der Waals surface area contributed by atoms with Crippen LogP contribution in [0.4, 0.5) is 11.4 Å². The number of aliphatic carboxylic acids is 1. The second-order valence-electron chi connectivity index (χ2n) is 8.57. The molecule has 0 unspecified atom stereocenters. The van der Waals surface area contributed by atoms with Crippen LogP contribution in [0.5, 0.6) is 0 Å². The number of anilines is 2. The van der Waals surface area contributed by atoms with Crippen LogP contribution in [0.1, 0.15) is 13.8 Å². The van der Waals surface area contributed by atoms with Gasteiger partial charge in [-0.2, -0.15) is 8.42 Å². The Bertz CT molecular complexity index is 1310. The van der Waals surface area contributed by atoms with E-state index in [0.717, 1.165) is 10.8 Å². The van der Waals surface area contributed by atoms with Crippen LogP contribution in [0, 0.1) is 11.8 Å². The summed E-state index contributed by atoms with van der Waals surface area (Å²) in [6.07, 6.45) is -0.925. The average Bonchev–Trinajstić information content (AvgIpc) is 2.97. The third kappa shape index (κ3) is 2.50. The highest BCUT2D eigenvalue weighted by atomic mass is 32.2. The minimum atomic E-state index is -3.99. The molecule has 5 rings (SSSR count). The molecule has 32 heavy (non-hydrogen) atoms. The number of carbonyl (C=O) groups excluding carboxylic acids is 1. The number of aliphatic hydroxyl groups excluding tert-OH is 1. The van der Waals surface area contributed by atoms with E-state index in [1.807, 2.05) is 12.1 Å². The lowest BCUT2D eigenvalue weighted by molar-refractivity contribution is -0.163. The summed E-state index contributed by atoms with van der Waals surface area (Å²) in [5.74, 6) is -2.86. The quantitative estimate of drug-likeness (QED) is 0.673. The maximum atomic E-state index is 13.5. The summed E-state index contributed by atoms with van der Waals surface area (Å²) in [7, 11) is -2.52. The first-order chi connectivity index (χ1) is 15.1. The number of β-lactam (4-membered cyclic amide) rings is 1. The minimum Gasteiger partial charge on any atom is -0.477 e. The molecule has 2 aromatic rings. The predicted molar refractivity (Wildman–Crippen MR) is 118 cm³/mol. The van der Waals surface area contributed by atoms with E-state index in [-0.39, 0.29) is 12.2 Å². The maximum absolute atomic E-state index is 13.5. The molecule has 3 heterocycles. The molecule has 1 fully saturated rings. The molecule has 3 aliphatic heterocycles. The van der Waals surface area contributed by atoms with Gasteiger partial charge in [-0.05, 0) is 30.0 Å². The molecule has 4 atom stereocenters. The van der Waals surface area contributed by atoms with Crippen LogP contribution in [-0.4, -0.2) is 61.1 Å². The minimum absolute atomic E-state index is 0.187. The van der Waals surface area contributed by atoms with Gasteiger partial charge in [-0.25, -0.2) is 9.10 Å². The fourth-order valence-electron chi connectivity index (χ4n) is 5.34. The number of hydrogen-bond donors (Lipinski definition) is 2. The smallest absolute Gasteiger partial charge is 0.352 e. The number of fused-ring (bicyclic) bond motifs is 1. The summed E-state index contributed by atoms with van der Waals surface area (Å²) in [4.78, 5) is 25.9. The Labute approximate surface area is 185 Å². The van der Waals surface area contributed by atoms with Crippen molar-refractivity contribution < 1.29 is 28.2 Å². The van der Waals surface area contributed by atoms with Gasteiger partial charge in [0.2, 0.25) is 5.91 Å². The third-order valence-electron chi connectivity index (χ3n) is 6.93. The van der Waals surface area contributed by atoms with Gasteiger partial charge in [0.25, 0.3) is 0 Å². The van der Waals surface area contributed by atoms with Gasteiger partial charge >= 0.3 is 16.2 Å². The number of benzene rings is 2. The van der Waals surface area contributed by atoms with Crippen LogP contribution in [0.2, 0.25) is 0 Å². The SMILES string of the molecule is C[C@@H](O)[C@H]1C(=O)N2C(C(=O)O)=C(CN3c4cccc5cccc(c45)N(C)S3(=O)=O)[C@H](C)[C@H]12. The lowest BCUT2D eigenvalue weighted by atomic mass is 9.78. The van der Waals surface area contributed by atoms with Crippen molar-refractivity contribution in [3.05, 3.63) is 47.7 Å². The van der Waals surface area contributed by atoms with Crippen LogP contribution < -0.4 is 8.61 Å². The Kier molecular flexibility index (Phi) is 4.35. The topological polar surface area (TPSA) is 118 Å². The number of carboxylic acid groups (broad SMARTS) is 1. The maximum Gasteiger partial charge on any atom is 0.352 e. The Hall–Kier alpha value is -3.11. The van der Waals surface area contributed by atoms with Gasteiger partial charge in [0, 0.05) is 18.4 Å². The van der Waals surface area contributed by atoms with E-state index in [0.29, 0.717) is 16.9 Å². The van der Waals surface area contributed by atoms with Crippen molar-refractivity contribution in [2.75, 3.05) is 22.2 Å². The van der Waals surface area contributed by atoms with Crippen molar-refractivity contribution in [1.82, 2.24) is 4.90 Å². The molecule has 1 amide bonds. The zero-order chi connectivity index (χ0) is 23.1. The first-order valence-electron chi connectivity index (χ1n) is 10.3. The van der Waals surface area contributed by atoms with Crippen molar-refractivity contribution in [1.29, 1.82) is 0 Å². The molecule has 0 spiro atoms. The number of carboxylic acids is 1. The van der Waals surface area contributed by atoms with E-state index in [2.05, 4.69) is 0 Å². The van der Waals surface area contributed by atoms with Gasteiger partial charge < -0.3 is 15.1 Å². The second-order valence-corrected chi connectivity index (χ2v) is 10.5. The molecule has 0 aromatic heterocycles. The molecule has 9 nitrogen and oxygen atoms in total. The first-order valence-corrected chi connectivity index (χ1v) is 11.7. The highest BCUT2D eigenvalue weighted by Crippen LogP contribution is 2.49. The summed E-state index contributed by atoms with van der Waals surface area (Å²) in [6, 6.07) is 10.3. The number of carbonyl (C=O) groups is 2. The molecule has 168 valence electrons. The number of amides is 1. The molecule has 2 N–H and O–H groups in total. The molecule has 0 bridgehead atoms. The molecular formula is C22H23N3O6S. The molecule has 3 aliphatic rings. The molecule has 0 saturated carbocycles. The summed E-state index contributed by atoms with van der Waals surface area (Å²) in [5.41, 5.74) is 1.18. The zero-order valence-electron chi connectivity index (χ0n) is 17.8. The van der Waals surface area contributed by atoms with Gasteiger partial charge in [0.1, 0.15) is 5.70 Å². The Balaban J connectivity index is 1.66. The van der Waals surface area contributed by atoms with E-state index in [1.54, 1.807) is 31.2 Å². The fraction of sp³-hybridized carbons (Fsp3) is 0.364. The summed E-state index contributed by atoms with van der Waals surface area (Å²) in [6.45, 7) is 3.09. The zero-order valence-corrected chi connectivity index (χ0v) is 18.6. The third-order valence-corrected chi connectivity index (χ3v) is 8.70. The highest BCUT2D eigenvalue weighted by molar-refractivity contribution is 7.94. The monoisotopic (exact) mass is 457 g/mol. The van der Waals surface area contributed by atoms with Crippen molar-refractivity contribution in [2.45, 2.75) is 26.0 Å². The van der Waals surface area contributed by atoms with Crippen molar-refractivity contribution in [3.8, 4) is 0 Å². The highest BCUT2D eigenvalue weighted by Gasteiger charge is 2.60. The Morgan fingerprint density at radius 3 is 2.38 bits per heavy atom. The standard InChI is InChI=1S/C22H23N3O6S/c1-11-14(20(22(28)29)25-19(11)17(12(2)26)21(25)27)10-24-16-9-5-7-13-6-4-8-15(18(13)16)23(3)32(24,30)31/h4-9,11-12,17,19,26H,10H2,1-3H3,(H,28,29)/t11-,12+,17+,19+/m0/s1. The lowest BCUT2D eigenvalue weighted by Crippen LogP contribution is -2.63. The summed E-state index contributed by atoms with van der Waals surface area (Å²) in [5, 5.41) is 21.6. The van der Waals surface area contributed by atoms with Crippen molar-refractivity contribution in [3.63, 3.8) is 0 Å². The van der Waals surface area contributed by atoms with Crippen LogP contribution in [0.25, 0.3) is 10.8 Å². The molecule has 10 heteroatoms. The van der Waals surface area contributed by atoms with Crippen LogP contribution >= 0.6 is 0 Å².